The molecule has 706 valence electrons. The van der Waals surface area contributed by atoms with Gasteiger partial charge < -0.3 is 109 Å². The molecule has 127 heavy (non-hydrogen) atoms. The molecule has 0 saturated carbocycles. The van der Waals surface area contributed by atoms with Gasteiger partial charge in [0.1, 0.15) is 53.3 Å². The predicted octanol–water partition coefficient (Wildman–Crippen LogP) is 3.80. The van der Waals surface area contributed by atoms with Crippen molar-refractivity contribution < 1.29 is 107 Å². The minimum atomic E-state index is -1.56. The molecule has 1 aliphatic rings. The largest absolute Gasteiger partial charge is 0.508 e. The molecule has 0 spiro atoms. The number of hydrogen-bond donors (Lipinski definition) is 21. The number of rotatable bonds is 57. The molecule has 1 saturated heterocycles. The lowest BCUT2D eigenvalue weighted by Gasteiger charge is -2.39. The number of thiazole rings is 1. The second kappa shape index (κ2) is 58.0. The lowest BCUT2D eigenvalue weighted by molar-refractivity contribution is -0.160. The standard InChI is InChI=1S/C82H128N20O22S3/c1-10-18-67(108)123-46-102(75(114)68(48(5)11-2)98-73(113)62-22-13-15-36-101(62)9)63(47(3)4)42-64(124-51(8)103)74-95-61(45-125-74)72(112)92-55(40-52-27-29-56(104)30-28-52)39-49(6)69(109)99-100-82(121)122-37-38-126-127-44-50(7)91-70(110)58(21-17-35-88-79(85)86)94-71(111)57(20-16-34-87-78(83)84)93-65(105)41-53-23-25-54(26-24-53)43-90-80(119)89-33-14-12-19-59(76(115)116)96-81(120)97-60(77(117)118)31-32-66(106)107/h23-30,45,47-50,55,57-60,62-64,68,104H,10-22,31-44,46H2,1-9H3,(H,91,110)(H,92,112)(H,93,105)(H,94,111)(H,98,113)(H,99,109)(H,100,121)(H,106,107)(H,115,116)(H,117,118)(H4,83,84,87)(H4,85,86,88)(H2,89,90,119)(H2,96,97,120)/t48?,49-,50+,55+,57-,58-,59-,60-,62+,63+,64+,68-/m0/s1. The van der Waals surface area contributed by atoms with Crippen LogP contribution in [0.25, 0.3) is 0 Å². The Balaban J connectivity index is 1.31. The van der Waals surface area contributed by atoms with Crippen LogP contribution in [0.15, 0.2) is 53.9 Å². The number of aromatic nitrogens is 1. The number of nitrogens with zero attached hydrogens (tertiary/aromatic N) is 3. The van der Waals surface area contributed by atoms with Crippen molar-refractivity contribution in [2.24, 2.45) is 29.2 Å². The number of likely N-dealkylation sites (tertiary alicyclic amines) is 1. The van der Waals surface area contributed by atoms with Gasteiger partial charge in [-0.3, -0.25) is 69.1 Å². The van der Waals surface area contributed by atoms with Crippen molar-refractivity contribution in [3.63, 3.8) is 0 Å². The van der Waals surface area contributed by atoms with Crippen LogP contribution in [0.4, 0.5) is 14.4 Å². The number of phenolic OH excluding ortho intramolecular Hbond substituents is 1. The number of guanidine groups is 2. The van der Waals surface area contributed by atoms with Crippen LogP contribution in [0.5, 0.6) is 5.75 Å². The number of piperidine rings is 1. The van der Waals surface area contributed by atoms with Crippen LogP contribution < -0.4 is 80.8 Å². The minimum Gasteiger partial charge on any atom is -0.508 e. The fourth-order valence-corrected chi connectivity index (χ4v) is 16.2. The third-order valence-corrected chi connectivity index (χ3v) is 23.9. The molecule has 45 heteroatoms. The maximum atomic E-state index is 15.1. The Labute approximate surface area is 750 Å². The second-order valence-electron chi connectivity index (χ2n) is 31.3. The molecule has 4 rings (SSSR count). The van der Waals surface area contributed by atoms with Gasteiger partial charge in [0.05, 0.1) is 12.5 Å². The Morgan fingerprint density at radius 2 is 1.26 bits per heavy atom. The van der Waals surface area contributed by atoms with E-state index in [-0.39, 0.29) is 155 Å². The van der Waals surface area contributed by atoms with E-state index in [9.17, 15) is 82.4 Å². The first-order valence-corrected chi connectivity index (χ1v) is 45.7. The lowest BCUT2D eigenvalue weighted by atomic mass is 9.92. The molecule has 1 fully saturated rings. The molecule has 12 atom stereocenters. The number of phenols is 1. The van der Waals surface area contributed by atoms with E-state index >= 15 is 4.79 Å². The minimum absolute atomic E-state index is 0.00124. The van der Waals surface area contributed by atoms with E-state index in [0.29, 0.717) is 48.1 Å². The number of carbonyl (C=O) groups is 15. The molecule has 0 aliphatic carbocycles. The first-order chi connectivity index (χ1) is 60.3. The van der Waals surface area contributed by atoms with Crippen molar-refractivity contribution in [1.29, 1.82) is 10.8 Å². The van der Waals surface area contributed by atoms with Crippen LogP contribution in [0.3, 0.4) is 0 Å². The monoisotopic (exact) mass is 1840 g/mol. The van der Waals surface area contributed by atoms with Crippen LogP contribution in [0.1, 0.15) is 203 Å². The highest BCUT2D eigenvalue weighted by atomic mass is 33.1. The number of hydrazine groups is 1. The third-order valence-electron chi connectivity index (χ3n) is 20.4. The maximum absolute atomic E-state index is 15.1. The number of unbranched alkanes of at least 4 members (excludes halogenated alkanes) is 1. The lowest BCUT2D eigenvalue weighted by Crippen LogP contribution is -2.59. The van der Waals surface area contributed by atoms with Crippen molar-refractivity contribution >= 4 is 134 Å². The van der Waals surface area contributed by atoms with E-state index in [0.717, 1.165) is 30.7 Å². The van der Waals surface area contributed by atoms with Crippen molar-refractivity contribution in [2.45, 2.75) is 244 Å². The summed E-state index contributed by atoms with van der Waals surface area (Å²) in [7, 11) is 4.53. The van der Waals surface area contributed by atoms with Gasteiger partial charge in [-0.05, 0) is 145 Å². The molecule has 2 heterocycles. The average molecular weight is 1840 g/mol. The summed E-state index contributed by atoms with van der Waals surface area (Å²) in [6.07, 6.45) is 1.55. The topological polar surface area (TPSA) is 640 Å². The van der Waals surface area contributed by atoms with Crippen molar-refractivity contribution in [1.82, 2.24) is 84.1 Å². The quantitative estimate of drug-likeness (QED) is 0.00558. The molecule has 0 bridgehead atoms. The Bertz CT molecular complexity index is 4120. The van der Waals surface area contributed by atoms with Crippen LogP contribution in [0.2, 0.25) is 0 Å². The molecule has 2 aromatic carbocycles. The number of ether oxygens (including phenoxy) is 3. The molecule has 12 amide bonds. The number of carbonyl (C=O) groups excluding carboxylic acids is 12. The number of carboxylic acid groups (broad SMARTS) is 3. The van der Waals surface area contributed by atoms with Crippen molar-refractivity contribution in [3.8, 4) is 5.75 Å². The molecule has 42 nitrogen and oxygen atoms in total. The summed E-state index contributed by atoms with van der Waals surface area (Å²) in [5, 5.41) is 84.0. The van der Waals surface area contributed by atoms with Gasteiger partial charge >= 0.3 is 48.0 Å². The summed E-state index contributed by atoms with van der Waals surface area (Å²) >= 11 is 1.03. The van der Waals surface area contributed by atoms with Crippen molar-refractivity contribution in [2.75, 3.05) is 58.1 Å². The number of nitrogens with one attached hydrogen (secondary N) is 15. The highest BCUT2D eigenvalue weighted by Gasteiger charge is 2.41. The zero-order valence-electron chi connectivity index (χ0n) is 73.4. The predicted molar refractivity (Wildman–Crippen MR) is 474 cm³/mol. The Morgan fingerprint density at radius 3 is 1.86 bits per heavy atom. The fourth-order valence-electron chi connectivity index (χ4n) is 13.2. The first-order valence-electron chi connectivity index (χ1n) is 42.3. The van der Waals surface area contributed by atoms with Gasteiger partial charge in [-0.15, -0.1) is 11.3 Å². The van der Waals surface area contributed by atoms with Crippen LogP contribution in [-0.2, 0) is 86.3 Å². The summed E-state index contributed by atoms with van der Waals surface area (Å²) in [6, 6.07) is 2.52. The van der Waals surface area contributed by atoms with Gasteiger partial charge in [0.25, 0.3) is 5.91 Å². The smallest absolute Gasteiger partial charge is 0.426 e. The van der Waals surface area contributed by atoms with E-state index in [1.807, 2.05) is 46.6 Å². The molecule has 1 aromatic heterocycles. The Morgan fingerprint density at radius 1 is 0.654 bits per heavy atom. The van der Waals surface area contributed by atoms with E-state index in [1.165, 1.54) is 50.9 Å². The van der Waals surface area contributed by atoms with Gasteiger partial charge in [0.2, 0.25) is 35.4 Å². The SMILES string of the molecule is CCCC(=O)OCN(C(=O)[C@@H](NC(=O)[C@H]1CCCCN1C)C(C)CC)[C@H](C[C@@H](OC(C)=O)c1nc(C(=O)N[C@@H](Cc2ccc(O)cc2)C[C@H](C)C(=O)NNC(=O)OCCSSC[C@@H](C)NC(=O)[C@H](CCCNC(=N)N)NC(=O)[C@H](CCCNC(=N)N)NC(=O)Cc2ccc(CNC(=O)NCCCC[C@H](NC(=O)N[C@@H](CCC(=O)O)C(=O)O)C(=O)O)cc2)cs1)C(C)C. The number of likely N-dealkylation sites (N-methyl/N-ethyl adjacent to an activating group) is 1. The molecule has 0 radical (unpaired) electrons. The van der Waals surface area contributed by atoms with E-state index < -0.39 is 169 Å². The summed E-state index contributed by atoms with van der Waals surface area (Å²) in [4.78, 5) is 204. The van der Waals surface area contributed by atoms with Gasteiger partial charge in [0.15, 0.2) is 24.8 Å². The first kappa shape index (κ1) is 108. The summed E-state index contributed by atoms with van der Waals surface area (Å²) < 4.78 is 16.9. The van der Waals surface area contributed by atoms with E-state index in [1.54, 1.807) is 50.2 Å². The highest BCUT2D eigenvalue weighted by molar-refractivity contribution is 8.76. The third kappa shape index (κ3) is 42.6. The number of aliphatic carboxylic acids is 3. The zero-order valence-corrected chi connectivity index (χ0v) is 75.8. The fraction of sp³-hybridized carbons (Fsp3) is 0.610. The molecule has 1 unspecified atom stereocenters. The maximum Gasteiger partial charge on any atom is 0.426 e. The Kier molecular flexibility index (Phi) is 49.3. The summed E-state index contributed by atoms with van der Waals surface area (Å²) in [6.45, 7) is 14.6. The number of carboxylic acids is 3. The second-order valence-corrected chi connectivity index (χ2v) is 34.8. The van der Waals surface area contributed by atoms with Gasteiger partial charge in [-0.2, -0.15) is 0 Å². The number of nitrogens with two attached hydrogens (primary N) is 2. The zero-order chi connectivity index (χ0) is 94.2. The van der Waals surface area contributed by atoms with E-state index in [4.69, 9.17) is 41.6 Å². The van der Waals surface area contributed by atoms with E-state index in [2.05, 4.69) is 74.3 Å². The van der Waals surface area contributed by atoms with Crippen LogP contribution >= 0.6 is 32.9 Å². The molecule has 1 aliphatic heterocycles. The number of esters is 2. The van der Waals surface area contributed by atoms with Crippen LogP contribution in [0, 0.1) is 28.6 Å². The summed E-state index contributed by atoms with van der Waals surface area (Å²) in [5.74, 6) is -10.8. The molecule has 23 N–H and O–H groups in total. The molecular weight excluding hydrogens is 1710 g/mol. The van der Waals surface area contributed by atoms with Gasteiger partial charge in [-0.1, -0.05) is 112 Å². The Hall–Kier alpha value is -11.5. The molecule has 3 aromatic rings. The molecular formula is C82H128N20O22S3. The number of amides is 12. The summed E-state index contributed by atoms with van der Waals surface area (Å²) in [5.41, 5.74) is 17.4. The van der Waals surface area contributed by atoms with Gasteiger partial charge in [-0.25, -0.2) is 34.4 Å². The van der Waals surface area contributed by atoms with Crippen LogP contribution in [-0.4, -0.2) is 249 Å². The number of aromatic hydroxyl groups is 1. The number of benzene rings is 2. The van der Waals surface area contributed by atoms with Crippen molar-refractivity contribution in [3.05, 3.63) is 81.3 Å². The highest BCUT2D eigenvalue weighted by Crippen LogP contribution is 2.33. The normalized spacial score (nSPS) is 15.1. The number of hydrogen-bond acceptors (Lipinski definition) is 26. The average Bonchev–Trinajstić information content (AvgIpc) is 1.60. The van der Waals surface area contributed by atoms with Gasteiger partial charge in [0, 0.05) is 93.3 Å². The number of urea groups is 2.